The van der Waals surface area contributed by atoms with Crippen LogP contribution in [0.5, 0.6) is 11.5 Å². The molecule has 30 heavy (non-hydrogen) atoms. The van der Waals surface area contributed by atoms with Crippen molar-refractivity contribution < 1.29 is 28.2 Å². The molecule has 2 aromatic carbocycles. The molecule has 1 aromatic heterocycles. The molecule has 0 fully saturated rings. The summed E-state index contributed by atoms with van der Waals surface area (Å²) in [7, 11) is 0. The summed E-state index contributed by atoms with van der Waals surface area (Å²) in [5.74, 6) is -1.41. The minimum Gasteiger partial charge on any atom is -0.492 e. The number of nitrogens with one attached hydrogen (secondary N) is 1. The fourth-order valence-electron chi connectivity index (χ4n) is 2.40. The van der Waals surface area contributed by atoms with Crippen LogP contribution < -0.4 is 14.8 Å². The first-order valence-corrected chi connectivity index (χ1v) is 9.09. The van der Waals surface area contributed by atoms with Crippen LogP contribution in [0, 0.1) is 11.6 Å². The highest BCUT2D eigenvalue weighted by atomic mass is 35.5. The summed E-state index contributed by atoms with van der Waals surface area (Å²) < 4.78 is 37.2. The van der Waals surface area contributed by atoms with Crippen LogP contribution in [0.4, 0.5) is 14.7 Å². The normalized spacial score (nSPS) is 10.5. The predicted octanol–water partition coefficient (Wildman–Crippen LogP) is 4.18. The highest BCUT2D eigenvalue weighted by molar-refractivity contribution is 6.30. The highest BCUT2D eigenvalue weighted by Crippen LogP contribution is 2.22. The largest absolute Gasteiger partial charge is 0.492 e. The van der Waals surface area contributed by atoms with Gasteiger partial charge in [0.15, 0.2) is 0 Å². The fourth-order valence-corrected chi connectivity index (χ4v) is 2.57. The van der Waals surface area contributed by atoms with E-state index in [9.17, 15) is 18.7 Å². The van der Waals surface area contributed by atoms with Gasteiger partial charge in [-0.1, -0.05) is 17.7 Å². The molecule has 3 rings (SSSR count). The van der Waals surface area contributed by atoms with Crippen molar-refractivity contribution in [2.45, 2.75) is 6.61 Å². The number of hydrogen-bond acceptors (Lipinski definition) is 6. The Balaban J connectivity index is 1.61. The minimum absolute atomic E-state index is 0.116. The maximum Gasteiger partial charge on any atom is 0.339 e. The number of anilines is 1. The van der Waals surface area contributed by atoms with Crippen LogP contribution in [0.1, 0.15) is 16.1 Å². The summed E-state index contributed by atoms with van der Waals surface area (Å²) in [6.45, 7) is 0.296. The Hall–Kier alpha value is -3.46. The summed E-state index contributed by atoms with van der Waals surface area (Å²) in [4.78, 5) is 19.5. The third-order valence-corrected chi connectivity index (χ3v) is 4.10. The van der Waals surface area contributed by atoms with Crippen LogP contribution in [-0.4, -0.2) is 34.2 Å². The van der Waals surface area contributed by atoms with Crippen molar-refractivity contribution in [2.75, 3.05) is 18.5 Å². The molecule has 7 nitrogen and oxygen atoms in total. The van der Waals surface area contributed by atoms with Crippen LogP contribution in [0.25, 0.3) is 0 Å². The maximum absolute atomic E-state index is 13.2. The van der Waals surface area contributed by atoms with Gasteiger partial charge in [-0.25, -0.2) is 23.5 Å². The van der Waals surface area contributed by atoms with E-state index in [4.69, 9.17) is 21.1 Å². The quantitative estimate of drug-likeness (QED) is 0.487. The zero-order valence-corrected chi connectivity index (χ0v) is 16.2. The van der Waals surface area contributed by atoms with E-state index in [0.29, 0.717) is 5.75 Å². The van der Waals surface area contributed by atoms with Gasteiger partial charge in [0.2, 0.25) is 5.95 Å². The van der Waals surface area contributed by atoms with Crippen molar-refractivity contribution in [2.24, 2.45) is 0 Å². The van der Waals surface area contributed by atoms with Gasteiger partial charge < -0.3 is 19.9 Å². The molecule has 0 saturated carbocycles. The van der Waals surface area contributed by atoms with E-state index in [1.807, 2.05) is 0 Å². The third kappa shape index (κ3) is 5.77. The Morgan fingerprint density at radius 3 is 2.67 bits per heavy atom. The van der Waals surface area contributed by atoms with E-state index in [2.05, 4.69) is 15.3 Å². The van der Waals surface area contributed by atoms with Crippen molar-refractivity contribution in [3.63, 3.8) is 0 Å². The molecule has 0 radical (unpaired) electrons. The van der Waals surface area contributed by atoms with E-state index in [1.165, 1.54) is 30.3 Å². The number of carboxylic acids is 1. The van der Waals surface area contributed by atoms with Gasteiger partial charge in [0.25, 0.3) is 0 Å². The van der Waals surface area contributed by atoms with Gasteiger partial charge >= 0.3 is 5.97 Å². The predicted molar refractivity (Wildman–Crippen MR) is 105 cm³/mol. The standard InChI is InChI=1S/C20H16ClF2N3O4/c21-16-9-14(4-5-17(16)23)30-11-18-15(19(27)28)10-25-20(26-18)24-6-7-29-13-3-1-2-12(22)8-13/h1-5,8-10H,6-7,11H2,(H,27,28)(H,24,25,26). The SMILES string of the molecule is O=C(O)c1cnc(NCCOc2cccc(F)c2)nc1COc1ccc(F)c(Cl)c1. The second-order valence-corrected chi connectivity index (χ2v) is 6.36. The van der Waals surface area contributed by atoms with Gasteiger partial charge in [0, 0.05) is 18.3 Å². The molecular weight excluding hydrogens is 420 g/mol. The first kappa shape index (κ1) is 21.3. The number of aromatic carboxylic acids is 1. The van der Waals surface area contributed by atoms with Crippen LogP contribution in [0.2, 0.25) is 5.02 Å². The summed E-state index contributed by atoms with van der Waals surface area (Å²) in [6.07, 6.45) is 1.15. The lowest BCUT2D eigenvalue weighted by atomic mass is 10.2. The topological polar surface area (TPSA) is 93.6 Å². The first-order chi connectivity index (χ1) is 14.4. The molecule has 0 aliphatic rings. The van der Waals surface area contributed by atoms with Crippen LogP contribution in [0.15, 0.2) is 48.7 Å². The van der Waals surface area contributed by atoms with Gasteiger partial charge in [-0.15, -0.1) is 0 Å². The smallest absolute Gasteiger partial charge is 0.339 e. The van der Waals surface area contributed by atoms with E-state index in [0.717, 1.165) is 12.3 Å². The lowest BCUT2D eigenvalue weighted by Crippen LogP contribution is -2.16. The zero-order valence-electron chi connectivity index (χ0n) is 15.4. The van der Waals surface area contributed by atoms with E-state index >= 15 is 0 Å². The second-order valence-electron chi connectivity index (χ2n) is 5.96. The number of hydrogen-bond donors (Lipinski definition) is 2. The van der Waals surface area contributed by atoms with Crippen LogP contribution in [0.3, 0.4) is 0 Å². The molecule has 0 aliphatic heterocycles. The van der Waals surface area contributed by atoms with E-state index < -0.39 is 17.6 Å². The van der Waals surface area contributed by atoms with Crippen molar-refractivity contribution >= 4 is 23.5 Å². The molecule has 0 spiro atoms. The maximum atomic E-state index is 13.2. The van der Waals surface area contributed by atoms with Crippen molar-refractivity contribution in [1.82, 2.24) is 9.97 Å². The minimum atomic E-state index is -1.22. The molecule has 3 aromatic rings. The summed E-state index contributed by atoms with van der Waals surface area (Å²) in [6, 6.07) is 9.51. The number of rotatable bonds is 9. The van der Waals surface area contributed by atoms with E-state index in [-0.39, 0.29) is 47.7 Å². The number of halogens is 3. The lowest BCUT2D eigenvalue weighted by Gasteiger charge is -2.11. The number of nitrogens with zero attached hydrogens (tertiary/aromatic N) is 2. The Morgan fingerprint density at radius 2 is 1.93 bits per heavy atom. The summed E-state index contributed by atoms with van der Waals surface area (Å²) in [5.41, 5.74) is -0.0173. The zero-order chi connectivity index (χ0) is 21.5. The first-order valence-electron chi connectivity index (χ1n) is 8.71. The highest BCUT2D eigenvalue weighted by Gasteiger charge is 2.15. The molecule has 0 aliphatic carbocycles. The molecule has 156 valence electrons. The molecule has 10 heteroatoms. The third-order valence-electron chi connectivity index (χ3n) is 3.81. The van der Waals surface area contributed by atoms with Gasteiger partial charge in [0.1, 0.15) is 41.9 Å². The number of aromatic nitrogens is 2. The number of benzene rings is 2. The average Bonchev–Trinajstić information content (AvgIpc) is 2.72. The monoisotopic (exact) mass is 435 g/mol. The number of carboxylic acid groups (broad SMARTS) is 1. The Kier molecular flexibility index (Phi) is 6.97. The molecule has 0 saturated heterocycles. The Labute approximate surface area is 175 Å². The van der Waals surface area contributed by atoms with Crippen LogP contribution in [-0.2, 0) is 6.61 Å². The van der Waals surface area contributed by atoms with Crippen LogP contribution >= 0.6 is 11.6 Å². The Morgan fingerprint density at radius 1 is 1.13 bits per heavy atom. The number of carbonyl (C=O) groups is 1. The molecule has 0 unspecified atom stereocenters. The molecule has 0 atom stereocenters. The Bertz CT molecular complexity index is 1050. The van der Waals surface area contributed by atoms with E-state index in [1.54, 1.807) is 6.07 Å². The summed E-state index contributed by atoms with van der Waals surface area (Å²) in [5, 5.41) is 12.1. The summed E-state index contributed by atoms with van der Waals surface area (Å²) >= 11 is 5.71. The molecule has 1 heterocycles. The molecule has 2 N–H and O–H groups in total. The lowest BCUT2D eigenvalue weighted by molar-refractivity contribution is 0.0692. The average molecular weight is 436 g/mol. The fraction of sp³-hybridized carbons (Fsp3) is 0.150. The molecule has 0 amide bonds. The van der Waals surface area contributed by atoms with Gasteiger partial charge in [-0.3, -0.25) is 0 Å². The number of ether oxygens (including phenoxy) is 2. The van der Waals surface area contributed by atoms with Gasteiger partial charge in [-0.05, 0) is 24.3 Å². The van der Waals surface area contributed by atoms with Crippen molar-refractivity contribution in [3.8, 4) is 11.5 Å². The second kappa shape index (κ2) is 9.84. The van der Waals surface area contributed by atoms with Gasteiger partial charge in [-0.2, -0.15) is 0 Å². The molecular formula is C20H16ClF2N3O4. The molecule has 0 bridgehead atoms. The van der Waals surface area contributed by atoms with Gasteiger partial charge in [0.05, 0.1) is 17.3 Å². The van der Waals surface area contributed by atoms with Crippen molar-refractivity contribution in [1.29, 1.82) is 0 Å². The van der Waals surface area contributed by atoms with Crippen molar-refractivity contribution in [3.05, 3.63) is 76.6 Å².